The molecule has 0 aliphatic carbocycles. The van der Waals surface area contributed by atoms with E-state index in [9.17, 15) is 4.39 Å². The van der Waals surface area contributed by atoms with E-state index in [1.54, 1.807) is 12.1 Å². The highest BCUT2D eigenvalue weighted by molar-refractivity contribution is 6.58. The molecule has 21 heavy (non-hydrogen) atoms. The molecule has 0 aliphatic heterocycles. The molecule has 0 unspecified atom stereocenters. The standard InChI is InChI=1S/C15H15BClFO3/c1-2-11-7-14(3-4-15(11)17)21-9-10-5-12(16(19)20)8-13(18)6-10/h3-8,19-20H,2,9H2,1H3. The average molecular weight is 309 g/mol. The molecule has 0 fully saturated rings. The van der Waals surface area contributed by atoms with Crippen molar-refractivity contribution in [3.8, 4) is 5.75 Å². The molecule has 2 aromatic rings. The van der Waals surface area contributed by atoms with E-state index in [4.69, 9.17) is 26.4 Å². The van der Waals surface area contributed by atoms with Crippen LogP contribution in [0.2, 0.25) is 5.02 Å². The Balaban J connectivity index is 2.12. The minimum absolute atomic E-state index is 0.0963. The predicted molar refractivity (Wildman–Crippen MR) is 81.4 cm³/mol. The molecule has 0 heterocycles. The van der Waals surface area contributed by atoms with Gasteiger partial charge < -0.3 is 14.8 Å². The van der Waals surface area contributed by atoms with Crippen molar-refractivity contribution in [1.82, 2.24) is 0 Å². The number of aryl methyl sites for hydroxylation is 1. The van der Waals surface area contributed by atoms with Gasteiger partial charge in [0.25, 0.3) is 0 Å². The van der Waals surface area contributed by atoms with Crippen LogP contribution in [0.15, 0.2) is 36.4 Å². The van der Waals surface area contributed by atoms with Gasteiger partial charge in [-0.05, 0) is 53.3 Å². The van der Waals surface area contributed by atoms with Crippen LogP contribution in [-0.4, -0.2) is 17.2 Å². The van der Waals surface area contributed by atoms with E-state index in [1.165, 1.54) is 12.1 Å². The van der Waals surface area contributed by atoms with Crippen molar-refractivity contribution in [2.45, 2.75) is 20.0 Å². The highest BCUT2D eigenvalue weighted by Crippen LogP contribution is 2.23. The lowest BCUT2D eigenvalue weighted by Gasteiger charge is -2.10. The first-order chi connectivity index (χ1) is 9.99. The minimum atomic E-state index is -1.71. The SMILES string of the molecule is CCc1cc(OCc2cc(F)cc(B(O)O)c2)ccc1Cl. The summed E-state index contributed by atoms with van der Waals surface area (Å²) in [6.07, 6.45) is 0.789. The van der Waals surface area contributed by atoms with Gasteiger partial charge in [-0.15, -0.1) is 0 Å². The summed E-state index contributed by atoms with van der Waals surface area (Å²) < 4.78 is 19.0. The van der Waals surface area contributed by atoms with Gasteiger partial charge in [0.05, 0.1) is 0 Å². The van der Waals surface area contributed by atoms with Crippen LogP contribution in [0.4, 0.5) is 4.39 Å². The first-order valence-corrected chi connectivity index (χ1v) is 6.94. The zero-order valence-electron chi connectivity index (χ0n) is 11.5. The van der Waals surface area contributed by atoms with Crippen molar-refractivity contribution in [1.29, 1.82) is 0 Å². The van der Waals surface area contributed by atoms with Crippen LogP contribution >= 0.6 is 11.6 Å². The summed E-state index contributed by atoms with van der Waals surface area (Å²) in [7, 11) is -1.71. The van der Waals surface area contributed by atoms with E-state index in [0.29, 0.717) is 16.3 Å². The second kappa shape index (κ2) is 6.94. The number of rotatable bonds is 5. The van der Waals surface area contributed by atoms with Gasteiger partial charge in [0.1, 0.15) is 18.2 Å². The fourth-order valence-electron chi connectivity index (χ4n) is 1.99. The summed E-state index contributed by atoms with van der Waals surface area (Å²) in [6, 6.07) is 9.19. The average Bonchev–Trinajstić information content (AvgIpc) is 2.45. The van der Waals surface area contributed by atoms with E-state index in [-0.39, 0.29) is 12.1 Å². The summed E-state index contributed by atoms with van der Waals surface area (Å²) in [6.45, 7) is 2.12. The van der Waals surface area contributed by atoms with Crippen molar-refractivity contribution in [3.63, 3.8) is 0 Å². The van der Waals surface area contributed by atoms with Crippen LogP contribution in [0.5, 0.6) is 5.75 Å². The van der Waals surface area contributed by atoms with E-state index < -0.39 is 12.9 Å². The lowest BCUT2D eigenvalue weighted by molar-refractivity contribution is 0.305. The fraction of sp³-hybridized carbons (Fsp3) is 0.200. The topological polar surface area (TPSA) is 49.7 Å². The zero-order valence-corrected chi connectivity index (χ0v) is 12.3. The highest BCUT2D eigenvalue weighted by Gasteiger charge is 2.13. The smallest absolute Gasteiger partial charge is 0.488 e. The lowest BCUT2D eigenvalue weighted by Crippen LogP contribution is -2.30. The molecule has 6 heteroatoms. The Kier molecular flexibility index (Phi) is 5.23. The monoisotopic (exact) mass is 308 g/mol. The minimum Gasteiger partial charge on any atom is -0.489 e. The fourth-order valence-corrected chi connectivity index (χ4v) is 2.24. The van der Waals surface area contributed by atoms with Crippen molar-refractivity contribution < 1.29 is 19.2 Å². The molecule has 0 spiro atoms. The van der Waals surface area contributed by atoms with E-state index >= 15 is 0 Å². The van der Waals surface area contributed by atoms with Crippen molar-refractivity contribution >= 4 is 24.2 Å². The number of ether oxygens (including phenoxy) is 1. The molecule has 2 N–H and O–H groups in total. The second-order valence-corrected chi connectivity index (χ2v) is 5.07. The molecular weight excluding hydrogens is 293 g/mol. The molecule has 0 aliphatic rings. The maximum Gasteiger partial charge on any atom is 0.488 e. The molecular formula is C15H15BClFO3. The first kappa shape index (κ1) is 15.8. The Hall–Kier alpha value is -1.56. The lowest BCUT2D eigenvalue weighted by atomic mass is 9.79. The maximum absolute atomic E-state index is 13.4. The Morgan fingerprint density at radius 3 is 2.62 bits per heavy atom. The van der Waals surface area contributed by atoms with Crippen molar-refractivity contribution in [2.75, 3.05) is 0 Å². The van der Waals surface area contributed by atoms with Crippen LogP contribution in [-0.2, 0) is 13.0 Å². The highest BCUT2D eigenvalue weighted by atomic mass is 35.5. The number of hydrogen-bond donors (Lipinski definition) is 2. The van der Waals surface area contributed by atoms with Gasteiger partial charge in [0.2, 0.25) is 0 Å². The largest absolute Gasteiger partial charge is 0.489 e. The number of hydrogen-bond acceptors (Lipinski definition) is 3. The summed E-state index contributed by atoms with van der Waals surface area (Å²) in [5, 5.41) is 18.9. The van der Waals surface area contributed by atoms with Gasteiger partial charge in [-0.1, -0.05) is 24.6 Å². The normalized spacial score (nSPS) is 10.5. The molecule has 0 bridgehead atoms. The second-order valence-electron chi connectivity index (χ2n) is 4.66. The van der Waals surface area contributed by atoms with Gasteiger partial charge in [0.15, 0.2) is 0 Å². The maximum atomic E-state index is 13.4. The van der Waals surface area contributed by atoms with Crippen LogP contribution < -0.4 is 10.2 Å². The first-order valence-electron chi connectivity index (χ1n) is 6.56. The van der Waals surface area contributed by atoms with E-state index in [1.807, 2.05) is 13.0 Å². The Bertz CT molecular complexity index is 634. The predicted octanol–water partition coefficient (Wildman–Crippen LogP) is 2.30. The third kappa shape index (κ3) is 4.20. The molecule has 0 radical (unpaired) electrons. The molecule has 0 amide bonds. The molecule has 0 atom stereocenters. The van der Waals surface area contributed by atoms with Crippen LogP contribution in [0.3, 0.4) is 0 Å². The molecule has 2 rings (SSSR count). The van der Waals surface area contributed by atoms with Gasteiger partial charge >= 0.3 is 7.12 Å². The van der Waals surface area contributed by atoms with Gasteiger partial charge in [-0.3, -0.25) is 0 Å². The Morgan fingerprint density at radius 2 is 1.95 bits per heavy atom. The molecule has 0 aromatic heterocycles. The van der Waals surface area contributed by atoms with E-state index in [0.717, 1.165) is 18.1 Å². The number of benzene rings is 2. The summed E-state index contributed by atoms with van der Waals surface area (Å²) >= 11 is 6.03. The van der Waals surface area contributed by atoms with Gasteiger partial charge in [0, 0.05) is 5.02 Å². The Morgan fingerprint density at radius 1 is 1.19 bits per heavy atom. The zero-order chi connectivity index (χ0) is 15.4. The molecule has 3 nitrogen and oxygen atoms in total. The summed E-state index contributed by atoms with van der Waals surface area (Å²) in [5.41, 5.74) is 1.59. The third-order valence-electron chi connectivity index (χ3n) is 3.08. The molecule has 2 aromatic carbocycles. The Labute approximate surface area is 128 Å². The van der Waals surface area contributed by atoms with Crippen LogP contribution in [0.1, 0.15) is 18.1 Å². The summed E-state index contributed by atoms with van der Waals surface area (Å²) in [5.74, 6) is 0.0937. The van der Waals surface area contributed by atoms with Crippen LogP contribution in [0, 0.1) is 5.82 Å². The van der Waals surface area contributed by atoms with E-state index in [2.05, 4.69) is 0 Å². The van der Waals surface area contributed by atoms with Gasteiger partial charge in [-0.2, -0.15) is 0 Å². The third-order valence-corrected chi connectivity index (χ3v) is 3.45. The van der Waals surface area contributed by atoms with Crippen molar-refractivity contribution in [2.24, 2.45) is 0 Å². The quantitative estimate of drug-likeness (QED) is 0.833. The number of halogens is 2. The molecule has 0 saturated carbocycles. The summed E-state index contributed by atoms with van der Waals surface area (Å²) in [4.78, 5) is 0. The van der Waals surface area contributed by atoms with Crippen LogP contribution in [0.25, 0.3) is 0 Å². The van der Waals surface area contributed by atoms with Gasteiger partial charge in [-0.25, -0.2) is 4.39 Å². The van der Waals surface area contributed by atoms with Crippen molar-refractivity contribution in [3.05, 3.63) is 58.4 Å². The molecule has 110 valence electrons. The molecule has 0 saturated heterocycles.